The lowest BCUT2D eigenvalue weighted by Crippen LogP contribution is -1.88. The van der Waals surface area contributed by atoms with Crippen molar-refractivity contribution in [3.8, 4) is 23.0 Å². The first-order valence-electron chi connectivity index (χ1n) is 3.96. The molecule has 0 saturated carbocycles. The summed E-state index contributed by atoms with van der Waals surface area (Å²) in [6.07, 6.45) is 0.332. The van der Waals surface area contributed by atoms with Crippen LogP contribution in [0.4, 0.5) is 0 Å². The number of hydrogen-bond donors (Lipinski definition) is 4. The first-order chi connectivity index (χ1) is 6.00. The molecular formula is C9H12O4. The van der Waals surface area contributed by atoms with Crippen molar-refractivity contribution in [3.63, 3.8) is 0 Å². The molecule has 1 rings (SSSR count). The molecule has 0 heterocycles. The highest BCUT2D eigenvalue weighted by Crippen LogP contribution is 2.45. The molecule has 13 heavy (non-hydrogen) atoms. The Morgan fingerprint density at radius 3 is 1.54 bits per heavy atom. The van der Waals surface area contributed by atoms with Gasteiger partial charge in [0, 0.05) is 11.1 Å². The van der Waals surface area contributed by atoms with Crippen molar-refractivity contribution in [3.05, 3.63) is 11.1 Å². The number of benzene rings is 1. The third-order valence-electron chi connectivity index (χ3n) is 2.08. The van der Waals surface area contributed by atoms with E-state index in [9.17, 15) is 20.4 Å². The van der Waals surface area contributed by atoms with E-state index in [2.05, 4.69) is 0 Å². The summed E-state index contributed by atoms with van der Waals surface area (Å²) in [5.41, 5.74) is 0.229. The molecule has 0 aliphatic carbocycles. The van der Waals surface area contributed by atoms with Crippen molar-refractivity contribution in [1.82, 2.24) is 0 Å². The van der Waals surface area contributed by atoms with E-state index < -0.39 is 0 Å². The molecule has 72 valence electrons. The molecule has 4 nitrogen and oxygen atoms in total. The first-order valence-corrected chi connectivity index (χ1v) is 3.96. The molecule has 0 fully saturated rings. The van der Waals surface area contributed by atoms with Gasteiger partial charge in [-0.15, -0.1) is 0 Å². The van der Waals surface area contributed by atoms with Gasteiger partial charge in [-0.05, 0) is 13.3 Å². The van der Waals surface area contributed by atoms with Crippen LogP contribution in [0.2, 0.25) is 0 Å². The number of phenolic OH excluding ortho intramolecular Hbond substituents is 4. The van der Waals surface area contributed by atoms with Crippen molar-refractivity contribution >= 4 is 0 Å². The summed E-state index contributed by atoms with van der Waals surface area (Å²) in [6, 6.07) is 0. The van der Waals surface area contributed by atoms with Gasteiger partial charge < -0.3 is 20.4 Å². The Balaban J connectivity index is 3.56. The Morgan fingerprint density at radius 2 is 1.23 bits per heavy atom. The Morgan fingerprint density at radius 1 is 0.846 bits per heavy atom. The largest absolute Gasteiger partial charge is 0.504 e. The van der Waals surface area contributed by atoms with Crippen LogP contribution in [0.1, 0.15) is 18.1 Å². The molecule has 4 N–H and O–H groups in total. The summed E-state index contributed by atoms with van der Waals surface area (Å²) in [6.45, 7) is 3.10. The van der Waals surface area contributed by atoms with Gasteiger partial charge in [0.2, 0.25) is 0 Å². The zero-order valence-corrected chi connectivity index (χ0v) is 7.50. The van der Waals surface area contributed by atoms with Crippen LogP contribution >= 0.6 is 0 Å². The number of hydrogen-bond acceptors (Lipinski definition) is 4. The van der Waals surface area contributed by atoms with Gasteiger partial charge in [0.25, 0.3) is 0 Å². The molecule has 0 bridgehead atoms. The summed E-state index contributed by atoms with van der Waals surface area (Å²) in [7, 11) is 0. The second-order valence-corrected chi connectivity index (χ2v) is 2.85. The summed E-state index contributed by atoms with van der Waals surface area (Å²) < 4.78 is 0. The zero-order valence-electron chi connectivity index (χ0n) is 7.50. The quantitative estimate of drug-likeness (QED) is 0.392. The zero-order chi connectivity index (χ0) is 10.2. The molecule has 4 heteroatoms. The standard InChI is InChI=1S/C9H12O4/c1-3-5-8(12)6(10)4(2)7(11)9(5)13/h10-13H,3H2,1-2H3. The maximum atomic E-state index is 9.36. The minimum absolute atomic E-state index is 0.0761. The van der Waals surface area contributed by atoms with Gasteiger partial charge in [0.1, 0.15) is 0 Å². The fourth-order valence-electron chi connectivity index (χ4n) is 1.20. The van der Waals surface area contributed by atoms with Crippen LogP contribution in [0.25, 0.3) is 0 Å². The Kier molecular flexibility index (Phi) is 2.23. The van der Waals surface area contributed by atoms with Crippen molar-refractivity contribution in [1.29, 1.82) is 0 Å². The van der Waals surface area contributed by atoms with Gasteiger partial charge in [-0.2, -0.15) is 0 Å². The van der Waals surface area contributed by atoms with E-state index in [1.54, 1.807) is 6.92 Å². The minimum atomic E-state index is -0.382. The van der Waals surface area contributed by atoms with Gasteiger partial charge in [0.15, 0.2) is 23.0 Å². The van der Waals surface area contributed by atoms with Crippen molar-refractivity contribution in [2.45, 2.75) is 20.3 Å². The highest BCUT2D eigenvalue weighted by molar-refractivity contribution is 5.63. The lowest BCUT2D eigenvalue weighted by atomic mass is 10.0. The van der Waals surface area contributed by atoms with Gasteiger partial charge in [-0.1, -0.05) is 6.92 Å². The molecule has 0 spiro atoms. The summed E-state index contributed by atoms with van der Waals surface area (Å²) in [5, 5.41) is 37.3. The second-order valence-electron chi connectivity index (χ2n) is 2.85. The molecule has 0 radical (unpaired) electrons. The lowest BCUT2D eigenvalue weighted by Gasteiger charge is -2.11. The lowest BCUT2D eigenvalue weighted by molar-refractivity contribution is 0.362. The minimum Gasteiger partial charge on any atom is -0.504 e. The van der Waals surface area contributed by atoms with Crippen LogP contribution in [0.15, 0.2) is 0 Å². The van der Waals surface area contributed by atoms with Crippen LogP contribution in [0, 0.1) is 6.92 Å². The fraction of sp³-hybridized carbons (Fsp3) is 0.333. The van der Waals surface area contributed by atoms with E-state index in [0.29, 0.717) is 6.42 Å². The normalized spacial score (nSPS) is 10.3. The molecule has 1 aromatic carbocycles. The van der Waals surface area contributed by atoms with E-state index in [4.69, 9.17) is 0 Å². The molecule has 0 aliphatic heterocycles. The average Bonchev–Trinajstić information content (AvgIpc) is 2.13. The molecule has 1 aromatic rings. The van der Waals surface area contributed by atoms with Crippen molar-refractivity contribution < 1.29 is 20.4 Å². The summed E-state index contributed by atoms with van der Waals surface area (Å²) in [5.74, 6) is -1.50. The van der Waals surface area contributed by atoms with Crippen LogP contribution < -0.4 is 0 Å². The number of rotatable bonds is 1. The first kappa shape index (κ1) is 9.51. The molecule has 0 saturated heterocycles. The van der Waals surface area contributed by atoms with Gasteiger partial charge in [-0.3, -0.25) is 0 Å². The van der Waals surface area contributed by atoms with Crippen molar-refractivity contribution in [2.75, 3.05) is 0 Å². The molecule has 0 atom stereocenters. The average molecular weight is 184 g/mol. The Bertz CT molecular complexity index is 315. The van der Waals surface area contributed by atoms with Gasteiger partial charge >= 0.3 is 0 Å². The third-order valence-corrected chi connectivity index (χ3v) is 2.08. The van der Waals surface area contributed by atoms with E-state index >= 15 is 0 Å². The number of aromatic hydroxyl groups is 4. The summed E-state index contributed by atoms with van der Waals surface area (Å²) >= 11 is 0. The molecule has 0 aromatic heterocycles. The smallest absolute Gasteiger partial charge is 0.164 e. The second kappa shape index (κ2) is 3.05. The van der Waals surface area contributed by atoms with E-state index in [-0.39, 0.29) is 34.1 Å². The van der Waals surface area contributed by atoms with E-state index in [0.717, 1.165) is 0 Å². The SMILES string of the molecule is CCc1c(O)c(O)c(C)c(O)c1O. The maximum Gasteiger partial charge on any atom is 0.164 e. The highest BCUT2D eigenvalue weighted by atomic mass is 16.3. The predicted octanol–water partition coefficient (Wildman–Crippen LogP) is 1.38. The van der Waals surface area contributed by atoms with Crippen LogP contribution in [0.3, 0.4) is 0 Å². The van der Waals surface area contributed by atoms with Crippen LogP contribution in [0.5, 0.6) is 23.0 Å². The van der Waals surface area contributed by atoms with Gasteiger partial charge in [-0.25, -0.2) is 0 Å². The molecule has 0 amide bonds. The molecule has 0 aliphatic rings. The molecule has 0 unspecified atom stereocenters. The number of phenols is 4. The summed E-state index contributed by atoms with van der Waals surface area (Å²) in [4.78, 5) is 0. The highest BCUT2D eigenvalue weighted by Gasteiger charge is 2.18. The van der Waals surface area contributed by atoms with E-state index in [1.807, 2.05) is 0 Å². The van der Waals surface area contributed by atoms with E-state index in [1.165, 1.54) is 6.92 Å². The van der Waals surface area contributed by atoms with Crippen molar-refractivity contribution in [2.24, 2.45) is 0 Å². The van der Waals surface area contributed by atoms with Gasteiger partial charge in [0.05, 0.1) is 0 Å². The fourth-order valence-corrected chi connectivity index (χ4v) is 1.20. The maximum absolute atomic E-state index is 9.36. The predicted molar refractivity (Wildman–Crippen MR) is 47.2 cm³/mol. The van der Waals surface area contributed by atoms with Crippen LogP contribution in [-0.2, 0) is 6.42 Å². The van der Waals surface area contributed by atoms with Crippen LogP contribution in [-0.4, -0.2) is 20.4 Å². The Hall–Kier alpha value is -1.58. The topological polar surface area (TPSA) is 80.9 Å². The molecular weight excluding hydrogens is 172 g/mol. The Labute approximate surface area is 75.7 Å². The third kappa shape index (κ3) is 1.24. The monoisotopic (exact) mass is 184 g/mol.